The SMILES string of the molecule is C=Nc1c(N(C)C2OC(COP(=O)([O-])OP(=O)([O-])OP(=O)(O)OCC3OC(N(C)c4nc(N)[nH]c(=O)c4[NH+](C)C)C(O)C3OC)C(O)C2O)nc(N)[nH]c1=O. The number of quaternary nitrogens is 1. The summed E-state index contributed by atoms with van der Waals surface area (Å²) in [6.45, 7) is 1.08. The minimum atomic E-state index is -6.30. The van der Waals surface area contributed by atoms with Gasteiger partial charge in [0.2, 0.25) is 23.4 Å². The Morgan fingerprint density at radius 1 is 0.873 bits per heavy atom. The molecule has 4 rings (SSSR count). The number of likely N-dealkylation sites (N-methyl/N-ethyl adjacent to an activating group) is 2. The second kappa shape index (κ2) is 17.1. The third-order valence-corrected chi connectivity index (χ3v) is 12.2. The number of hydrogen-bond acceptors (Lipinski definition) is 24. The van der Waals surface area contributed by atoms with Gasteiger partial charge in [0.15, 0.2) is 24.0 Å². The van der Waals surface area contributed by atoms with Gasteiger partial charge in [-0.25, -0.2) is 13.2 Å². The van der Waals surface area contributed by atoms with E-state index >= 15 is 0 Å². The number of rotatable bonds is 17. The first-order chi connectivity index (χ1) is 25.4. The molecule has 2 aliphatic heterocycles. The van der Waals surface area contributed by atoms with Crippen molar-refractivity contribution in [3.63, 3.8) is 0 Å². The predicted octanol–water partition coefficient (Wildman–Crippen LogP) is -5.65. The van der Waals surface area contributed by atoms with Crippen molar-refractivity contribution < 1.29 is 80.5 Å². The van der Waals surface area contributed by atoms with E-state index in [1.165, 1.54) is 19.0 Å². The van der Waals surface area contributed by atoms with Crippen molar-refractivity contribution in [3.05, 3.63) is 20.7 Å². The highest BCUT2D eigenvalue weighted by atomic mass is 31.3. The molecule has 11 N–H and O–H groups in total. The molecule has 11 atom stereocenters. The first-order valence-electron chi connectivity index (χ1n) is 15.5. The monoisotopic (exact) mass is 849 g/mol. The molecule has 2 aromatic rings. The topological polar surface area (TPSA) is 410 Å². The van der Waals surface area contributed by atoms with E-state index in [0.717, 1.165) is 12.0 Å². The molecule has 31 heteroatoms. The number of nitrogens with one attached hydrogen (secondary N) is 3. The summed E-state index contributed by atoms with van der Waals surface area (Å²) in [4.78, 5) is 78.5. The maximum atomic E-state index is 12.6. The van der Waals surface area contributed by atoms with Gasteiger partial charge in [0, 0.05) is 21.2 Å². The number of H-pyrrole nitrogens is 2. The van der Waals surface area contributed by atoms with Gasteiger partial charge in [0.25, 0.3) is 21.2 Å². The number of nitrogen functional groups attached to an aromatic ring is 2. The van der Waals surface area contributed by atoms with E-state index in [1.807, 2.05) is 0 Å². The summed E-state index contributed by atoms with van der Waals surface area (Å²) in [5.41, 5.74) is 9.62. The molecular weight excluding hydrogens is 809 g/mol. The molecule has 2 aliphatic rings. The normalized spacial score (nSPS) is 28.7. The van der Waals surface area contributed by atoms with Gasteiger partial charge >= 0.3 is 13.4 Å². The van der Waals surface area contributed by atoms with Crippen molar-refractivity contribution >= 4 is 65.1 Å². The molecule has 310 valence electrons. The van der Waals surface area contributed by atoms with E-state index < -0.39 is 96.9 Å². The number of aromatic nitrogens is 4. The lowest BCUT2D eigenvalue weighted by Gasteiger charge is -2.32. The number of nitrogens with two attached hydrogens (primary N) is 2. The summed E-state index contributed by atoms with van der Waals surface area (Å²) in [7, 11) is -11.0. The molecule has 0 aliphatic carbocycles. The van der Waals surface area contributed by atoms with Crippen LogP contribution in [0.5, 0.6) is 0 Å². The third-order valence-electron chi connectivity index (χ3n) is 8.02. The molecule has 0 amide bonds. The maximum Gasteiger partial charge on any atom is 0.478 e. The van der Waals surface area contributed by atoms with Gasteiger partial charge in [-0.3, -0.25) is 43.1 Å². The van der Waals surface area contributed by atoms with E-state index in [0.29, 0.717) is 4.90 Å². The molecule has 4 heterocycles. The molecule has 0 radical (unpaired) electrons. The Hall–Kier alpha value is -3.24. The number of aliphatic imine (C=N–C) groups is 1. The summed E-state index contributed by atoms with van der Waals surface area (Å²) >= 11 is 0. The molecule has 0 spiro atoms. The summed E-state index contributed by atoms with van der Waals surface area (Å²) in [5.74, 6) is -0.862. The van der Waals surface area contributed by atoms with Crippen molar-refractivity contribution in [2.45, 2.75) is 49.1 Å². The highest BCUT2D eigenvalue weighted by molar-refractivity contribution is 7.65. The number of aromatic amines is 2. The summed E-state index contributed by atoms with van der Waals surface area (Å²) in [5, 5.41) is 31.9. The number of aliphatic hydroxyl groups excluding tert-OH is 3. The Morgan fingerprint density at radius 3 is 1.98 bits per heavy atom. The van der Waals surface area contributed by atoms with Crippen LogP contribution in [-0.4, -0.2) is 144 Å². The number of methoxy groups -OCH3 is 1. The van der Waals surface area contributed by atoms with E-state index in [4.69, 9.17) is 30.2 Å². The van der Waals surface area contributed by atoms with Crippen LogP contribution in [0.1, 0.15) is 0 Å². The number of hydrogen-bond donors (Lipinski definition) is 9. The van der Waals surface area contributed by atoms with Gasteiger partial charge in [-0.15, -0.1) is 0 Å². The molecule has 28 nitrogen and oxygen atoms in total. The Morgan fingerprint density at radius 2 is 1.40 bits per heavy atom. The van der Waals surface area contributed by atoms with E-state index in [1.54, 1.807) is 14.1 Å². The van der Waals surface area contributed by atoms with Gasteiger partial charge in [0.1, 0.15) is 36.6 Å². The molecule has 2 aromatic heterocycles. The van der Waals surface area contributed by atoms with Gasteiger partial charge in [0.05, 0.1) is 27.3 Å². The Kier molecular flexibility index (Phi) is 13.8. The first-order valence-corrected chi connectivity index (χ1v) is 19.9. The molecule has 2 saturated heterocycles. The number of phosphoric ester groups is 2. The zero-order valence-corrected chi connectivity index (χ0v) is 32.2. The second-order valence-electron chi connectivity index (χ2n) is 12.1. The Balaban J connectivity index is 1.36. The summed E-state index contributed by atoms with van der Waals surface area (Å²) in [6, 6.07) is 0. The zero-order chi connectivity index (χ0) is 41.4. The minimum absolute atomic E-state index is 0.00326. The van der Waals surface area contributed by atoms with Crippen LogP contribution in [0, 0.1) is 0 Å². The van der Waals surface area contributed by atoms with Gasteiger partial charge < -0.3 is 70.0 Å². The van der Waals surface area contributed by atoms with Crippen LogP contribution in [0.25, 0.3) is 0 Å². The minimum Gasteiger partial charge on any atom is -0.756 e. The number of phosphoric acid groups is 3. The van der Waals surface area contributed by atoms with Crippen molar-refractivity contribution in [2.75, 3.05) is 69.8 Å². The molecule has 0 saturated carbocycles. The average Bonchev–Trinajstić information content (AvgIpc) is 3.53. The maximum absolute atomic E-state index is 12.6. The largest absolute Gasteiger partial charge is 0.756 e. The van der Waals surface area contributed by atoms with Gasteiger partial charge in [-0.1, -0.05) is 0 Å². The lowest BCUT2D eigenvalue weighted by Crippen LogP contribution is -3.01. The second-order valence-corrected chi connectivity index (χ2v) is 16.6. The molecular formula is C24H40N10O18P3-. The van der Waals surface area contributed by atoms with Gasteiger partial charge in [-0.2, -0.15) is 9.97 Å². The van der Waals surface area contributed by atoms with Gasteiger partial charge in [-0.05, 0) is 6.72 Å². The Bertz CT molecular complexity index is 1990. The van der Waals surface area contributed by atoms with Crippen LogP contribution in [0.2, 0.25) is 0 Å². The standard InChI is InChI=1S/C24H41N10O18P3/c1-27-11-17(28-23(25)30-19(11)38)33(4)21-14(36)13(35)9(49-21)7-47-53(40,41)51-55(44,45)52-54(42,43)48-8-10-16(46-6)15(37)22(50-10)34(5)18-12(32(2)3)20(39)31-24(26)29-18/h9-10,13-16,21-22,35-37H,1,7-8H2,2-6H3,(H,40,41)(H,42,43)(H,44,45)(H3,25,28,30,38)(H3,26,29,31,39)/p-1. The number of ether oxygens (including phenoxy) is 3. The quantitative estimate of drug-likeness (QED) is 0.0529. The van der Waals surface area contributed by atoms with E-state index in [9.17, 15) is 53.3 Å². The van der Waals surface area contributed by atoms with Crippen molar-refractivity contribution in [1.29, 1.82) is 0 Å². The fourth-order valence-corrected chi connectivity index (χ4v) is 9.00. The van der Waals surface area contributed by atoms with Crippen LogP contribution in [-0.2, 0) is 45.6 Å². The number of anilines is 4. The summed E-state index contributed by atoms with van der Waals surface area (Å²) in [6.07, 6.45) is -12.4. The fraction of sp³-hybridized carbons (Fsp3) is 0.625. The lowest BCUT2D eigenvalue weighted by atomic mass is 10.1. The molecule has 11 unspecified atom stereocenters. The molecule has 0 aromatic carbocycles. The number of aliphatic hydroxyl groups is 3. The predicted molar refractivity (Wildman–Crippen MR) is 182 cm³/mol. The van der Waals surface area contributed by atoms with Crippen LogP contribution in [0.3, 0.4) is 0 Å². The van der Waals surface area contributed by atoms with Crippen molar-refractivity contribution in [1.82, 2.24) is 19.9 Å². The van der Waals surface area contributed by atoms with Crippen molar-refractivity contribution in [2.24, 2.45) is 4.99 Å². The Labute approximate surface area is 310 Å². The molecule has 2 fully saturated rings. The first kappa shape index (κ1) is 44.5. The molecule has 55 heavy (non-hydrogen) atoms. The van der Waals surface area contributed by atoms with Crippen molar-refractivity contribution in [3.8, 4) is 0 Å². The zero-order valence-electron chi connectivity index (χ0n) is 29.5. The van der Waals surface area contributed by atoms with Crippen LogP contribution in [0.15, 0.2) is 14.6 Å². The summed E-state index contributed by atoms with van der Waals surface area (Å²) < 4.78 is 70.8. The van der Waals surface area contributed by atoms with E-state index in [-0.39, 0.29) is 34.9 Å². The highest BCUT2D eigenvalue weighted by Crippen LogP contribution is 2.64. The fourth-order valence-electron chi connectivity index (χ4n) is 5.58. The highest BCUT2D eigenvalue weighted by Gasteiger charge is 2.49. The van der Waals surface area contributed by atoms with Crippen LogP contribution < -0.4 is 47.1 Å². The molecule has 0 bridgehead atoms. The lowest BCUT2D eigenvalue weighted by molar-refractivity contribution is -0.786. The number of nitrogens with zero attached hydrogens (tertiary/aromatic N) is 5. The van der Waals surface area contributed by atoms with Crippen LogP contribution >= 0.6 is 23.5 Å². The smallest absolute Gasteiger partial charge is 0.478 e. The van der Waals surface area contributed by atoms with Crippen LogP contribution in [0.4, 0.5) is 34.9 Å². The average molecular weight is 850 g/mol. The third kappa shape index (κ3) is 10.2. The van der Waals surface area contributed by atoms with E-state index in [2.05, 4.69) is 44.8 Å².